The van der Waals surface area contributed by atoms with E-state index < -0.39 is 0 Å². The van der Waals surface area contributed by atoms with Gasteiger partial charge in [-0.15, -0.1) is 5.10 Å². The van der Waals surface area contributed by atoms with Crippen molar-refractivity contribution in [2.24, 2.45) is 0 Å². The summed E-state index contributed by atoms with van der Waals surface area (Å²) in [6.07, 6.45) is 2.32. The van der Waals surface area contributed by atoms with Gasteiger partial charge in [0.2, 0.25) is 0 Å². The summed E-state index contributed by atoms with van der Waals surface area (Å²) < 4.78 is 0. The number of hydrogen-bond acceptors (Lipinski definition) is 4. The zero-order chi connectivity index (χ0) is 13.4. The number of para-hydroxylation sites is 1. The molecule has 0 saturated carbocycles. The van der Waals surface area contributed by atoms with Crippen LogP contribution in [0.15, 0.2) is 30.5 Å². The summed E-state index contributed by atoms with van der Waals surface area (Å²) in [6.45, 7) is 2.15. The Labute approximate surface area is 110 Å². The number of hydrogen-bond donors (Lipinski definition) is 1. The normalized spacial score (nSPS) is 17.5. The van der Waals surface area contributed by atoms with Crippen molar-refractivity contribution in [3.8, 4) is 0 Å². The van der Waals surface area contributed by atoms with Gasteiger partial charge in [-0.3, -0.25) is 4.79 Å². The number of benzene rings is 1. The molecule has 6 heteroatoms. The van der Waals surface area contributed by atoms with Gasteiger partial charge >= 0.3 is 0 Å². The van der Waals surface area contributed by atoms with E-state index in [1.165, 1.54) is 16.6 Å². The lowest BCUT2D eigenvalue weighted by Gasteiger charge is -2.22. The number of amides is 1. The molecule has 1 aliphatic heterocycles. The number of nitrogen functional groups attached to an aromatic ring is 1. The lowest BCUT2D eigenvalue weighted by Crippen LogP contribution is -2.38. The van der Waals surface area contributed by atoms with Crippen LogP contribution in [0.25, 0.3) is 0 Å². The van der Waals surface area contributed by atoms with E-state index in [1.54, 1.807) is 0 Å². The predicted octanol–water partition coefficient (Wildman–Crippen LogP) is 0.838. The summed E-state index contributed by atoms with van der Waals surface area (Å²) in [5.74, 6) is 0.302. The third-order valence-corrected chi connectivity index (χ3v) is 3.31. The maximum Gasteiger partial charge on any atom is 0.250 e. The number of carbonyl (C=O) groups is 1. The van der Waals surface area contributed by atoms with E-state index >= 15 is 0 Å². The molecule has 0 aliphatic carbocycles. The molecule has 1 amide bonds. The third kappa shape index (κ3) is 2.05. The van der Waals surface area contributed by atoms with Crippen molar-refractivity contribution in [1.29, 1.82) is 0 Å². The van der Waals surface area contributed by atoms with Gasteiger partial charge in [0.05, 0.1) is 6.20 Å². The number of rotatable bonds is 2. The largest absolute Gasteiger partial charge is 0.381 e. The maximum absolute atomic E-state index is 12.4. The molecule has 0 spiro atoms. The van der Waals surface area contributed by atoms with E-state index in [0.29, 0.717) is 5.82 Å². The highest BCUT2D eigenvalue weighted by Crippen LogP contribution is 2.31. The summed E-state index contributed by atoms with van der Waals surface area (Å²) in [6, 6.07) is 8.14. The van der Waals surface area contributed by atoms with Crippen molar-refractivity contribution >= 4 is 17.4 Å². The highest BCUT2D eigenvalue weighted by atomic mass is 16.2. The Bertz CT molecular complexity index is 621. The lowest BCUT2D eigenvalue weighted by molar-refractivity contribution is -0.119. The van der Waals surface area contributed by atoms with Crippen LogP contribution in [0.3, 0.4) is 0 Å². The van der Waals surface area contributed by atoms with Crippen LogP contribution in [0, 0.1) is 0 Å². The van der Waals surface area contributed by atoms with Crippen molar-refractivity contribution in [2.75, 3.05) is 10.6 Å². The SMILES string of the molecule is CC1Cc2ccccc2N1C(=O)Cn1ncc(N)n1. The first-order valence-corrected chi connectivity index (χ1v) is 6.20. The Hall–Kier alpha value is -2.37. The smallest absolute Gasteiger partial charge is 0.250 e. The first-order chi connectivity index (χ1) is 9.15. The van der Waals surface area contributed by atoms with E-state index in [-0.39, 0.29) is 18.5 Å². The quantitative estimate of drug-likeness (QED) is 0.864. The number of carbonyl (C=O) groups excluding carboxylic acids is 1. The maximum atomic E-state index is 12.4. The molecule has 2 N–H and O–H groups in total. The van der Waals surface area contributed by atoms with Crippen LogP contribution >= 0.6 is 0 Å². The van der Waals surface area contributed by atoms with Crippen molar-refractivity contribution in [2.45, 2.75) is 25.9 Å². The number of nitrogens with zero attached hydrogens (tertiary/aromatic N) is 4. The number of nitrogens with two attached hydrogens (primary N) is 1. The minimum atomic E-state index is -0.0203. The summed E-state index contributed by atoms with van der Waals surface area (Å²) in [5, 5.41) is 7.88. The number of fused-ring (bicyclic) bond motifs is 1. The molecule has 0 radical (unpaired) electrons. The average molecular weight is 257 g/mol. The lowest BCUT2D eigenvalue weighted by atomic mass is 10.1. The zero-order valence-electron chi connectivity index (χ0n) is 10.7. The first kappa shape index (κ1) is 11.7. The minimum Gasteiger partial charge on any atom is -0.381 e. The molecule has 0 saturated heterocycles. The van der Waals surface area contributed by atoms with Crippen molar-refractivity contribution < 1.29 is 4.79 Å². The van der Waals surface area contributed by atoms with E-state index in [9.17, 15) is 4.79 Å². The van der Waals surface area contributed by atoms with Crippen LogP contribution < -0.4 is 10.6 Å². The standard InChI is InChI=1S/C13H15N5O/c1-9-6-10-4-2-3-5-11(10)18(9)13(19)8-17-15-7-12(14)16-17/h2-5,7,9H,6,8H2,1H3,(H2,14,16). The van der Waals surface area contributed by atoms with Gasteiger partial charge < -0.3 is 10.6 Å². The summed E-state index contributed by atoms with van der Waals surface area (Å²) in [4.78, 5) is 15.5. The molecule has 1 aliphatic rings. The van der Waals surface area contributed by atoms with Gasteiger partial charge in [-0.05, 0) is 25.0 Å². The van der Waals surface area contributed by atoms with Crippen LogP contribution in [-0.4, -0.2) is 26.9 Å². The molecule has 0 bridgehead atoms. The van der Waals surface area contributed by atoms with E-state index in [1.807, 2.05) is 30.0 Å². The molecule has 2 aromatic rings. The Morgan fingerprint density at radius 1 is 1.47 bits per heavy atom. The van der Waals surface area contributed by atoms with Crippen LogP contribution in [0.5, 0.6) is 0 Å². The van der Waals surface area contributed by atoms with Gasteiger partial charge in [0, 0.05) is 11.7 Å². The first-order valence-electron chi connectivity index (χ1n) is 6.20. The molecule has 1 unspecified atom stereocenters. The fourth-order valence-corrected chi connectivity index (χ4v) is 2.53. The second-order valence-corrected chi connectivity index (χ2v) is 4.75. The second-order valence-electron chi connectivity index (χ2n) is 4.75. The zero-order valence-corrected chi connectivity index (χ0v) is 10.7. The summed E-state index contributed by atoms with van der Waals surface area (Å²) in [5.41, 5.74) is 7.68. The molecule has 6 nitrogen and oxygen atoms in total. The number of anilines is 2. The van der Waals surface area contributed by atoms with Crippen molar-refractivity contribution in [3.05, 3.63) is 36.0 Å². The van der Waals surface area contributed by atoms with Crippen LogP contribution in [0.1, 0.15) is 12.5 Å². The Morgan fingerprint density at radius 3 is 3.00 bits per heavy atom. The fraction of sp³-hybridized carbons (Fsp3) is 0.308. The summed E-state index contributed by atoms with van der Waals surface area (Å²) in [7, 11) is 0. The second kappa shape index (κ2) is 4.38. The van der Waals surface area contributed by atoms with Crippen LogP contribution in [-0.2, 0) is 17.8 Å². The van der Waals surface area contributed by atoms with Gasteiger partial charge in [-0.1, -0.05) is 18.2 Å². The van der Waals surface area contributed by atoms with Crippen molar-refractivity contribution in [3.63, 3.8) is 0 Å². The molecule has 1 aromatic heterocycles. The molecule has 3 rings (SSSR count). The summed E-state index contributed by atoms with van der Waals surface area (Å²) >= 11 is 0. The molecule has 98 valence electrons. The van der Waals surface area contributed by atoms with Gasteiger partial charge in [0.15, 0.2) is 5.82 Å². The molecular weight excluding hydrogens is 242 g/mol. The van der Waals surface area contributed by atoms with Crippen LogP contribution in [0.4, 0.5) is 11.5 Å². The highest BCUT2D eigenvalue weighted by Gasteiger charge is 2.30. The molecule has 19 heavy (non-hydrogen) atoms. The number of aromatic nitrogens is 3. The van der Waals surface area contributed by atoms with Crippen molar-refractivity contribution in [1.82, 2.24) is 15.0 Å². The molecule has 1 aromatic carbocycles. The fourth-order valence-electron chi connectivity index (χ4n) is 2.53. The Morgan fingerprint density at radius 2 is 2.26 bits per heavy atom. The molecule has 2 heterocycles. The van der Waals surface area contributed by atoms with E-state index in [4.69, 9.17) is 5.73 Å². The van der Waals surface area contributed by atoms with Gasteiger partial charge in [-0.2, -0.15) is 9.90 Å². The predicted molar refractivity (Wildman–Crippen MR) is 71.5 cm³/mol. The van der Waals surface area contributed by atoms with E-state index in [0.717, 1.165) is 12.1 Å². The Balaban J connectivity index is 1.84. The van der Waals surface area contributed by atoms with Crippen LogP contribution in [0.2, 0.25) is 0 Å². The monoisotopic (exact) mass is 257 g/mol. The topological polar surface area (TPSA) is 77.0 Å². The van der Waals surface area contributed by atoms with E-state index in [2.05, 4.69) is 16.3 Å². The van der Waals surface area contributed by atoms with Gasteiger partial charge in [0.25, 0.3) is 5.91 Å². The molecule has 1 atom stereocenters. The third-order valence-electron chi connectivity index (χ3n) is 3.31. The van der Waals surface area contributed by atoms with Gasteiger partial charge in [-0.25, -0.2) is 0 Å². The molecular formula is C13H15N5O. The average Bonchev–Trinajstić information content (AvgIpc) is 2.91. The highest BCUT2D eigenvalue weighted by molar-refractivity contribution is 5.95. The minimum absolute atomic E-state index is 0.0203. The Kier molecular flexibility index (Phi) is 2.70. The van der Waals surface area contributed by atoms with Gasteiger partial charge in [0.1, 0.15) is 6.54 Å². The molecule has 0 fully saturated rings.